The van der Waals surface area contributed by atoms with Gasteiger partial charge in [-0.15, -0.1) is 0 Å². The normalized spacial score (nSPS) is 28.5. The van der Waals surface area contributed by atoms with E-state index in [0.717, 1.165) is 12.8 Å². The first-order valence-electron chi connectivity index (χ1n) is 5.84. The highest BCUT2D eigenvalue weighted by molar-refractivity contribution is 5.94. The molecule has 0 heterocycles. The Morgan fingerprint density at radius 1 is 1.40 bits per heavy atom. The molecule has 1 atom stereocenters. The molecule has 0 aromatic rings. The Balaban J connectivity index is 3.00. The van der Waals surface area contributed by atoms with Gasteiger partial charge in [-0.05, 0) is 44.6 Å². The zero-order valence-electron chi connectivity index (χ0n) is 10.3. The van der Waals surface area contributed by atoms with Gasteiger partial charge in [-0.2, -0.15) is 0 Å². The third-order valence-corrected chi connectivity index (χ3v) is 3.43. The summed E-state index contributed by atoms with van der Waals surface area (Å²) in [6.45, 7) is 8.37. The van der Waals surface area contributed by atoms with Crippen molar-refractivity contribution in [2.75, 3.05) is 0 Å². The lowest BCUT2D eigenvalue weighted by molar-refractivity contribution is -0.120. The van der Waals surface area contributed by atoms with E-state index in [1.54, 1.807) is 6.08 Å². The van der Waals surface area contributed by atoms with Gasteiger partial charge in [0.25, 0.3) is 0 Å². The number of hydrogen-bond donors (Lipinski definition) is 0. The Bertz CT molecular complexity index is 294. The van der Waals surface area contributed by atoms with E-state index < -0.39 is 0 Å². The molecule has 1 aliphatic rings. The molecule has 84 valence electrons. The van der Waals surface area contributed by atoms with E-state index in [-0.39, 0.29) is 17.1 Å². The van der Waals surface area contributed by atoms with E-state index >= 15 is 0 Å². The first-order chi connectivity index (χ1) is 7.03. The number of carbonyl (C=O) groups excluding carboxylic acids is 1. The Morgan fingerprint density at radius 3 is 2.60 bits per heavy atom. The summed E-state index contributed by atoms with van der Waals surface area (Å²) >= 11 is 0. The molecule has 0 N–H and O–H groups in total. The second-order valence-corrected chi connectivity index (χ2v) is 5.04. The molecule has 1 aliphatic carbocycles. The van der Waals surface area contributed by atoms with Gasteiger partial charge in [0.15, 0.2) is 5.78 Å². The summed E-state index contributed by atoms with van der Waals surface area (Å²) in [7, 11) is 0. The van der Waals surface area contributed by atoms with Crippen LogP contribution in [0.15, 0.2) is 23.8 Å². The zero-order chi connectivity index (χ0) is 11.5. The van der Waals surface area contributed by atoms with E-state index in [1.165, 1.54) is 12.0 Å². The Hall–Kier alpha value is -0.850. The van der Waals surface area contributed by atoms with Crippen LogP contribution in [0.2, 0.25) is 0 Å². The van der Waals surface area contributed by atoms with Crippen LogP contribution in [0.4, 0.5) is 0 Å². The molecule has 1 rings (SSSR count). The first-order valence-corrected chi connectivity index (χ1v) is 5.84. The van der Waals surface area contributed by atoms with Gasteiger partial charge in [0.1, 0.15) is 0 Å². The molecule has 0 aromatic carbocycles. The molecule has 0 aromatic heterocycles. The molecular weight excluding hydrogens is 184 g/mol. The Morgan fingerprint density at radius 2 is 2.07 bits per heavy atom. The van der Waals surface area contributed by atoms with Gasteiger partial charge >= 0.3 is 0 Å². The van der Waals surface area contributed by atoms with Crippen molar-refractivity contribution in [3.63, 3.8) is 0 Å². The number of rotatable bonds is 2. The van der Waals surface area contributed by atoms with Crippen molar-refractivity contribution in [3.05, 3.63) is 23.8 Å². The largest absolute Gasteiger partial charge is 0.294 e. The third kappa shape index (κ3) is 2.58. The third-order valence-electron chi connectivity index (χ3n) is 3.43. The minimum atomic E-state index is 0.104. The van der Waals surface area contributed by atoms with Gasteiger partial charge in [-0.3, -0.25) is 4.79 Å². The lowest BCUT2D eigenvalue weighted by Gasteiger charge is -2.39. The average Bonchev–Trinajstić information content (AvgIpc) is 2.16. The lowest BCUT2D eigenvalue weighted by Crippen LogP contribution is -2.35. The Kier molecular flexibility index (Phi) is 3.90. The van der Waals surface area contributed by atoms with Crippen LogP contribution >= 0.6 is 0 Å². The summed E-state index contributed by atoms with van der Waals surface area (Å²) in [4.78, 5) is 12.1. The van der Waals surface area contributed by atoms with Crippen LogP contribution in [0.1, 0.15) is 47.0 Å². The molecule has 0 saturated heterocycles. The summed E-state index contributed by atoms with van der Waals surface area (Å²) < 4.78 is 0. The van der Waals surface area contributed by atoms with Crippen LogP contribution in [0.3, 0.4) is 0 Å². The highest BCUT2D eigenvalue weighted by Crippen LogP contribution is 2.44. The molecular formula is C14H22O. The molecule has 1 saturated carbocycles. The molecule has 0 bridgehead atoms. The van der Waals surface area contributed by atoms with Gasteiger partial charge in [-0.1, -0.05) is 31.6 Å². The summed E-state index contributed by atoms with van der Waals surface area (Å²) in [5.74, 6) is 0.378. The minimum absolute atomic E-state index is 0.104. The predicted molar refractivity (Wildman–Crippen MR) is 64.7 cm³/mol. The Labute approximate surface area is 93.3 Å². The van der Waals surface area contributed by atoms with Crippen molar-refractivity contribution in [3.8, 4) is 0 Å². The maximum atomic E-state index is 12.1. The number of carbonyl (C=O) groups is 1. The smallest absolute Gasteiger partial charge is 0.162 e. The molecule has 0 spiro atoms. The monoisotopic (exact) mass is 206 g/mol. The number of ketones is 1. The highest BCUT2D eigenvalue weighted by atomic mass is 16.1. The fourth-order valence-electron chi connectivity index (χ4n) is 2.68. The summed E-state index contributed by atoms with van der Waals surface area (Å²) in [5, 5.41) is 0. The molecule has 0 amide bonds. The highest BCUT2D eigenvalue weighted by Gasteiger charge is 2.38. The van der Waals surface area contributed by atoms with E-state index in [0.29, 0.717) is 0 Å². The van der Waals surface area contributed by atoms with Gasteiger partial charge in [0.05, 0.1) is 0 Å². The van der Waals surface area contributed by atoms with Crippen molar-refractivity contribution < 1.29 is 4.79 Å². The summed E-state index contributed by atoms with van der Waals surface area (Å²) in [6.07, 6.45) is 9.16. The topological polar surface area (TPSA) is 17.1 Å². The first kappa shape index (κ1) is 12.2. The van der Waals surface area contributed by atoms with Crippen molar-refractivity contribution in [1.82, 2.24) is 0 Å². The van der Waals surface area contributed by atoms with Crippen LogP contribution in [-0.2, 0) is 4.79 Å². The predicted octanol–water partition coefficient (Wildman–Crippen LogP) is 3.90. The van der Waals surface area contributed by atoms with E-state index in [2.05, 4.69) is 19.9 Å². The average molecular weight is 206 g/mol. The maximum Gasteiger partial charge on any atom is 0.162 e. The number of allylic oxidation sites excluding steroid dienone is 4. The minimum Gasteiger partial charge on any atom is -0.294 e. The standard InChI is InChI=1S/C14H22O/c1-5-8-12(15)13-11(6-2)9-7-10-14(13,3)4/h5-6,8,13H,7,9-10H2,1-4H3/b8-5+,11-6?. The fourth-order valence-corrected chi connectivity index (χ4v) is 2.68. The van der Waals surface area contributed by atoms with Gasteiger partial charge in [0, 0.05) is 5.92 Å². The van der Waals surface area contributed by atoms with Crippen LogP contribution in [-0.4, -0.2) is 5.78 Å². The van der Waals surface area contributed by atoms with Crippen LogP contribution in [0.25, 0.3) is 0 Å². The van der Waals surface area contributed by atoms with E-state index in [4.69, 9.17) is 0 Å². The maximum absolute atomic E-state index is 12.1. The van der Waals surface area contributed by atoms with E-state index in [9.17, 15) is 4.79 Å². The molecule has 15 heavy (non-hydrogen) atoms. The molecule has 1 nitrogen and oxygen atoms in total. The van der Waals surface area contributed by atoms with Crippen LogP contribution in [0, 0.1) is 11.3 Å². The second-order valence-electron chi connectivity index (χ2n) is 5.04. The quantitative estimate of drug-likeness (QED) is 0.494. The summed E-state index contributed by atoms with van der Waals surface area (Å²) in [5.41, 5.74) is 1.45. The molecule has 0 radical (unpaired) electrons. The van der Waals surface area contributed by atoms with Crippen molar-refractivity contribution in [2.45, 2.75) is 47.0 Å². The molecule has 0 aliphatic heterocycles. The molecule has 1 fully saturated rings. The van der Waals surface area contributed by atoms with Crippen molar-refractivity contribution >= 4 is 5.78 Å². The number of hydrogen-bond acceptors (Lipinski definition) is 1. The van der Waals surface area contributed by atoms with Gasteiger partial charge < -0.3 is 0 Å². The lowest BCUT2D eigenvalue weighted by atomic mass is 9.64. The molecule has 1 heteroatoms. The summed E-state index contributed by atoms with van der Waals surface area (Å²) in [6, 6.07) is 0. The molecule has 1 unspecified atom stereocenters. The fraction of sp³-hybridized carbons (Fsp3) is 0.643. The second kappa shape index (κ2) is 4.78. The zero-order valence-corrected chi connectivity index (χ0v) is 10.3. The van der Waals surface area contributed by atoms with Gasteiger partial charge in [0.2, 0.25) is 0 Å². The van der Waals surface area contributed by atoms with Gasteiger partial charge in [-0.25, -0.2) is 0 Å². The van der Waals surface area contributed by atoms with Crippen LogP contribution in [0.5, 0.6) is 0 Å². The van der Waals surface area contributed by atoms with Crippen molar-refractivity contribution in [2.24, 2.45) is 11.3 Å². The van der Waals surface area contributed by atoms with Crippen molar-refractivity contribution in [1.29, 1.82) is 0 Å². The van der Waals surface area contributed by atoms with E-state index in [1.807, 2.05) is 19.9 Å². The SMILES string of the molecule is CC=C1CCCC(C)(C)C1C(=O)/C=C/C. The van der Waals surface area contributed by atoms with Crippen LogP contribution < -0.4 is 0 Å².